The Morgan fingerprint density at radius 2 is 1.33 bits per heavy atom. The molecule has 1 aromatic heterocycles. The average Bonchev–Trinajstić information content (AvgIpc) is 2.91. The van der Waals surface area contributed by atoms with Crippen molar-refractivity contribution in [2.24, 2.45) is 0 Å². The van der Waals surface area contributed by atoms with Crippen molar-refractivity contribution >= 4 is 33.7 Å². The smallest absolute Gasteiger partial charge is 0.326 e. The van der Waals surface area contributed by atoms with E-state index in [1.165, 1.54) is 0 Å². The van der Waals surface area contributed by atoms with Crippen LogP contribution < -0.4 is 10.1 Å². The summed E-state index contributed by atoms with van der Waals surface area (Å²) in [6.45, 7) is 0.446. The number of nitrogens with one attached hydrogen (secondary N) is 1. The zero-order valence-electron chi connectivity index (χ0n) is 19.4. The molecule has 1 amide bonds. The van der Waals surface area contributed by atoms with Gasteiger partial charge in [0.15, 0.2) is 0 Å². The third kappa shape index (κ3) is 5.03. The van der Waals surface area contributed by atoms with Gasteiger partial charge >= 0.3 is 5.97 Å². The zero-order chi connectivity index (χ0) is 24.9. The number of hydrogen-bond donors (Lipinski definition) is 2. The number of rotatable bonds is 8. The predicted molar refractivity (Wildman–Crippen MR) is 139 cm³/mol. The first-order chi connectivity index (χ1) is 17.6. The minimum atomic E-state index is -1.10. The Morgan fingerprint density at radius 1 is 0.750 bits per heavy atom. The molecule has 1 atom stereocenters. The molecule has 0 fully saturated rings. The van der Waals surface area contributed by atoms with Gasteiger partial charge in [0.05, 0.1) is 16.6 Å². The van der Waals surface area contributed by atoms with Crippen LogP contribution in [0.15, 0.2) is 103 Å². The summed E-state index contributed by atoms with van der Waals surface area (Å²) in [5.41, 5.74) is 3.62. The minimum absolute atomic E-state index is 0.140. The lowest BCUT2D eigenvalue weighted by atomic mass is 10.0. The lowest BCUT2D eigenvalue weighted by molar-refractivity contribution is -0.139. The van der Waals surface area contributed by atoms with Crippen molar-refractivity contribution < 1.29 is 19.4 Å². The van der Waals surface area contributed by atoms with E-state index in [2.05, 4.69) is 10.3 Å². The molecule has 4 aromatic carbocycles. The summed E-state index contributed by atoms with van der Waals surface area (Å²) in [6.07, 6.45) is 0.140. The highest BCUT2D eigenvalue weighted by atomic mass is 16.5. The number of hydrogen-bond acceptors (Lipinski definition) is 4. The van der Waals surface area contributed by atoms with Gasteiger partial charge in [-0.05, 0) is 35.4 Å². The van der Waals surface area contributed by atoms with E-state index in [1.807, 2.05) is 103 Å². The van der Waals surface area contributed by atoms with E-state index in [0.717, 1.165) is 11.1 Å². The van der Waals surface area contributed by atoms with Gasteiger partial charge in [-0.15, -0.1) is 0 Å². The van der Waals surface area contributed by atoms with E-state index < -0.39 is 17.9 Å². The molecule has 36 heavy (non-hydrogen) atoms. The molecule has 0 bridgehead atoms. The lowest BCUT2D eigenvalue weighted by Crippen LogP contribution is -2.42. The second-order valence-electron chi connectivity index (χ2n) is 8.51. The van der Waals surface area contributed by atoms with Gasteiger partial charge in [-0.2, -0.15) is 0 Å². The lowest BCUT2D eigenvalue weighted by Gasteiger charge is -2.17. The number of para-hydroxylation sites is 2. The summed E-state index contributed by atoms with van der Waals surface area (Å²) < 4.78 is 5.81. The number of nitrogens with zero attached hydrogens (tertiary/aromatic N) is 1. The second-order valence-corrected chi connectivity index (χ2v) is 8.51. The van der Waals surface area contributed by atoms with E-state index in [9.17, 15) is 14.7 Å². The fourth-order valence-corrected chi connectivity index (χ4v) is 4.21. The fourth-order valence-electron chi connectivity index (χ4n) is 4.21. The number of carboxylic acids is 1. The molecule has 5 aromatic rings. The Bertz CT molecular complexity index is 1480. The van der Waals surface area contributed by atoms with E-state index in [0.29, 0.717) is 39.7 Å². The molecule has 5 rings (SSSR count). The largest absolute Gasteiger partial charge is 0.489 e. The number of pyridine rings is 1. The number of carbonyl (C=O) groups excluding carboxylic acids is 1. The van der Waals surface area contributed by atoms with Gasteiger partial charge in [0, 0.05) is 17.2 Å². The SMILES string of the molecule is O=C(N[C@@H](Cc1ccc(OCc2ccccc2)cc1)C(=O)O)c1c2ccccc2nc2ccccc12. The zero-order valence-corrected chi connectivity index (χ0v) is 19.4. The van der Waals surface area contributed by atoms with Crippen LogP contribution in [-0.4, -0.2) is 28.0 Å². The molecule has 0 saturated heterocycles. The highest BCUT2D eigenvalue weighted by Gasteiger charge is 2.24. The maximum absolute atomic E-state index is 13.4. The Balaban J connectivity index is 1.34. The predicted octanol–water partition coefficient (Wildman–Crippen LogP) is 5.39. The molecule has 0 aliphatic heterocycles. The second kappa shape index (κ2) is 10.3. The molecule has 6 nitrogen and oxygen atoms in total. The summed E-state index contributed by atoms with van der Waals surface area (Å²) in [5, 5.41) is 14.0. The van der Waals surface area contributed by atoms with Crippen molar-refractivity contribution in [3.8, 4) is 5.75 Å². The molecule has 2 N–H and O–H groups in total. The molecule has 1 heterocycles. The van der Waals surface area contributed by atoms with E-state index in [1.54, 1.807) is 0 Å². The summed E-state index contributed by atoms with van der Waals surface area (Å²) in [6, 6.07) is 30.7. The van der Waals surface area contributed by atoms with E-state index in [4.69, 9.17) is 4.74 Å². The minimum Gasteiger partial charge on any atom is -0.489 e. The Labute approximate surface area is 208 Å². The quantitative estimate of drug-likeness (QED) is 0.293. The van der Waals surface area contributed by atoms with Crippen molar-refractivity contribution in [3.63, 3.8) is 0 Å². The Hall–Kier alpha value is -4.71. The van der Waals surface area contributed by atoms with Gasteiger partial charge in [-0.1, -0.05) is 78.9 Å². The third-order valence-electron chi connectivity index (χ3n) is 6.03. The number of amides is 1. The number of fused-ring (bicyclic) bond motifs is 2. The number of aromatic nitrogens is 1. The summed E-state index contributed by atoms with van der Waals surface area (Å²) in [7, 11) is 0. The molecule has 0 radical (unpaired) electrons. The van der Waals surface area contributed by atoms with Gasteiger partial charge in [0.2, 0.25) is 0 Å². The summed E-state index contributed by atoms with van der Waals surface area (Å²) in [4.78, 5) is 30.1. The molecule has 0 aliphatic rings. The topological polar surface area (TPSA) is 88.5 Å². The van der Waals surface area contributed by atoms with Crippen LogP contribution in [0.2, 0.25) is 0 Å². The summed E-state index contributed by atoms with van der Waals surface area (Å²) in [5.74, 6) is -0.858. The molecular formula is C30H24N2O4. The molecule has 0 spiro atoms. The van der Waals surface area contributed by atoms with Gasteiger partial charge in [-0.25, -0.2) is 9.78 Å². The van der Waals surface area contributed by atoms with Crippen molar-refractivity contribution in [1.29, 1.82) is 0 Å². The molecule has 0 unspecified atom stereocenters. The van der Waals surface area contributed by atoms with Crippen molar-refractivity contribution in [2.45, 2.75) is 19.1 Å². The monoisotopic (exact) mass is 476 g/mol. The van der Waals surface area contributed by atoms with Gasteiger partial charge in [0.25, 0.3) is 5.91 Å². The number of carbonyl (C=O) groups is 2. The van der Waals surface area contributed by atoms with Crippen LogP contribution in [0.5, 0.6) is 5.75 Å². The Kier molecular flexibility index (Phi) is 6.58. The van der Waals surface area contributed by atoms with Gasteiger partial charge in [0.1, 0.15) is 18.4 Å². The summed E-state index contributed by atoms with van der Waals surface area (Å²) >= 11 is 0. The molecule has 0 aliphatic carbocycles. The highest BCUT2D eigenvalue weighted by molar-refractivity contribution is 6.16. The maximum Gasteiger partial charge on any atom is 0.326 e. The first-order valence-electron chi connectivity index (χ1n) is 11.7. The number of aliphatic carboxylic acids is 1. The van der Waals surface area contributed by atoms with Crippen molar-refractivity contribution in [1.82, 2.24) is 10.3 Å². The number of benzene rings is 4. The molecule has 0 saturated carbocycles. The van der Waals surface area contributed by atoms with Crippen LogP contribution in [0.25, 0.3) is 21.8 Å². The van der Waals surface area contributed by atoms with Crippen LogP contribution in [-0.2, 0) is 17.8 Å². The normalized spacial score (nSPS) is 11.8. The fraction of sp³-hybridized carbons (Fsp3) is 0.100. The maximum atomic E-state index is 13.4. The van der Waals surface area contributed by atoms with Crippen LogP contribution in [0.4, 0.5) is 0 Å². The molecule has 178 valence electrons. The van der Waals surface area contributed by atoms with Crippen LogP contribution >= 0.6 is 0 Å². The number of carboxylic acid groups (broad SMARTS) is 1. The van der Waals surface area contributed by atoms with Crippen molar-refractivity contribution in [2.75, 3.05) is 0 Å². The number of ether oxygens (including phenoxy) is 1. The van der Waals surface area contributed by atoms with Gasteiger partial charge in [-0.3, -0.25) is 4.79 Å². The van der Waals surface area contributed by atoms with Crippen LogP contribution in [0, 0.1) is 0 Å². The van der Waals surface area contributed by atoms with Gasteiger partial charge < -0.3 is 15.2 Å². The standard InChI is InChI=1S/C30H24N2O4/c33-29(28-23-10-4-6-12-25(23)31-26-13-7-5-11-24(26)28)32-27(30(34)35)18-20-14-16-22(17-15-20)36-19-21-8-2-1-3-9-21/h1-17,27H,18-19H2,(H,32,33)(H,34,35)/t27-/m0/s1. The first-order valence-corrected chi connectivity index (χ1v) is 11.7. The molecular weight excluding hydrogens is 452 g/mol. The van der Waals surface area contributed by atoms with Crippen LogP contribution in [0.3, 0.4) is 0 Å². The molecule has 6 heteroatoms. The third-order valence-corrected chi connectivity index (χ3v) is 6.03. The Morgan fingerprint density at radius 3 is 1.94 bits per heavy atom. The van der Waals surface area contributed by atoms with E-state index in [-0.39, 0.29) is 6.42 Å². The van der Waals surface area contributed by atoms with E-state index >= 15 is 0 Å². The average molecular weight is 477 g/mol. The van der Waals surface area contributed by atoms with Crippen molar-refractivity contribution in [3.05, 3.63) is 120 Å². The highest BCUT2D eigenvalue weighted by Crippen LogP contribution is 2.26. The van der Waals surface area contributed by atoms with Crippen LogP contribution in [0.1, 0.15) is 21.5 Å². The first kappa shape index (κ1) is 23.1.